The van der Waals surface area contributed by atoms with Crippen molar-refractivity contribution < 1.29 is 0 Å². The molecule has 4 rings (SSSR count). The zero-order valence-corrected chi connectivity index (χ0v) is 22.3. The van der Waals surface area contributed by atoms with Crippen LogP contribution >= 0.6 is 50.5 Å². The molecule has 2 heterocycles. The maximum absolute atomic E-state index is 5.33. The first-order valence-corrected chi connectivity index (χ1v) is 13.3. The second kappa shape index (κ2) is 11.7. The number of hydrogen-bond donors (Lipinski definition) is 4. The topological polar surface area (TPSA) is 25.8 Å². The van der Waals surface area contributed by atoms with Crippen LogP contribution in [0.4, 0.5) is 0 Å². The molecule has 0 amide bonds. The van der Waals surface area contributed by atoms with Gasteiger partial charge in [0.05, 0.1) is 22.1 Å². The molecule has 4 aromatic rings. The van der Waals surface area contributed by atoms with E-state index in [-0.39, 0.29) is 11.2 Å². The van der Waals surface area contributed by atoms with Crippen LogP contribution in [0.15, 0.2) is 107 Å². The maximum atomic E-state index is 5.33. The Morgan fingerprint density at radius 1 is 0.735 bits per heavy atom. The van der Waals surface area contributed by atoms with Gasteiger partial charge >= 0.3 is 0 Å². The zero-order valence-electron chi connectivity index (χ0n) is 18.7. The van der Waals surface area contributed by atoms with Crippen LogP contribution in [0.2, 0.25) is 0 Å². The molecular weight excluding hydrogens is 493 g/mol. The standard InChI is InChI=1S/C28H28N2S4/c31-17-7-12-24(20-8-3-1-4-9-20)28(21-10-5-2-6-11-21,26-16-14-23(33)19-30-26)27(34)25-15-13-22(32)18-29-25/h1-6,8-11,13-16,18-19,24,27,31-34H,7,12,17H2. The molecule has 0 aliphatic heterocycles. The fourth-order valence-electron chi connectivity index (χ4n) is 4.79. The van der Waals surface area contributed by atoms with E-state index < -0.39 is 5.41 Å². The number of benzene rings is 2. The van der Waals surface area contributed by atoms with Crippen molar-refractivity contribution in [2.75, 3.05) is 5.75 Å². The summed E-state index contributed by atoms with van der Waals surface area (Å²) < 4.78 is 0. The summed E-state index contributed by atoms with van der Waals surface area (Å²) in [4.78, 5) is 11.4. The van der Waals surface area contributed by atoms with Gasteiger partial charge in [-0.2, -0.15) is 25.3 Å². The fraction of sp³-hybridized carbons (Fsp3) is 0.214. The quantitative estimate of drug-likeness (QED) is 0.172. The number of thiol groups is 4. The summed E-state index contributed by atoms with van der Waals surface area (Å²) >= 11 is 18.9. The molecule has 0 saturated carbocycles. The highest BCUT2D eigenvalue weighted by Gasteiger charge is 2.49. The lowest BCUT2D eigenvalue weighted by molar-refractivity contribution is 0.365. The van der Waals surface area contributed by atoms with Crippen LogP contribution in [0.1, 0.15) is 46.5 Å². The third kappa shape index (κ3) is 5.20. The third-order valence-electron chi connectivity index (χ3n) is 6.31. The van der Waals surface area contributed by atoms with E-state index in [0.29, 0.717) is 0 Å². The van der Waals surface area contributed by atoms with Crippen molar-refractivity contribution in [3.05, 3.63) is 120 Å². The van der Waals surface area contributed by atoms with Gasteiger partial charge in [-0.25, -0.2) is 0 Å². The smallest absolute Gasteiger partial charge is 0.0615 e. The molecule has 3 atom stereocenters. The molecule has 0 aliphatic carbocycles. The van der Waals surface area contributed by atoms with Crippen LogP contribution in [-0.2, 0) is 5.41 Å². The molecule has 3 unspecified atom stereocenters. The van der Waals surface area contributed by atoms with E-state index >= 15 is 0 Å². The van der Waals surface area contributed by atoms with E-state index in [4.69, 9.17) is 22.6 Å². The molecule has 0 N–H and O–H groups in total. The summed E-state index contributed by atoms with van der Waals surface area (Å²) in [5.41, 5.74) is 3.63. The lowest BCUT2D eigenvalue weighted by atomic mass is 9.61. The number of hydrogen-bond acceptors (Lipinski definition) is 6. The summed E-state index contributed by atoms with van der Waals surface area (Å²) in [6.07, 6.45) is 5.49. The Labute approximate surface area is 224 Å². The van der Waals surface area contributed by atoms with Crippen molar-refractivity contribution in [3.63, 3.8) is 0 Å². The van der Waals surface area contributed by atoms with Gasteiger partial charge in [0.25, 0.3) is 0 Å². The highest BCUT2D eigenvalue weighted by Crippen LogP contribution is 2.56. The van der Waals surface area contributed by atoms with Gasteiger partial charge in [-0.3, -0.25) is 9.97 Å². The largest absolute Gasteiger partial charge is 0.259 e. The number of aromatic nitrogens is 2. The second-order valence-corrected chi connectivity index (χ2v) is 10.3. The Morgan fingerprint density at radius 3 is 1.91 bits per heavy atom. The molecule has 0 radical (unpaired) electrons. The SMILES string of the molecule is SCCCC(c1ccccc1)C(c1ccccc1)(c1ccc(S)cn1)C(S)c1ccc(S)cn1. The Balaban J connectivity index is 2.06. The minimum Gasteiger partial charge on any atom is -0.259 e. The fourth-order valence-corrected chi connectivity index (χ4v) is 5.85. The summed E-state index contributed by atoms with van der Waals surface area (Å²) in [5, 5.41) is -0.271. The second-order valence-electron chi connectivity index (χ2n) is 8.31. The lowest BCUT2D eigenvalue weighted by Crippen LogP contribution is -2.40. The molecule has 2 aromatic carbocycles. The van der Waals surface area contributed by atoms with Gasteiger partial charge in [0.1, 0.15) is 0 Å². The normalized spacial score (nSPS) is 14.8. The lowest BCUT2D eigenvalue weighted by Gasteiger charge is -2.45. The first-order valence-electron chi connectivity index (χ1n) is 11.3. The van der Waals surface area contributed by atoms with Crippen molar-refractivity contribution >= 4 is 50.5 Å². The predicted octanol–water partition coefficient (Wildman–Crippen LogP) is 7.51. The molecule has 0 aliphatic rings. The third-order valence-corrected chi connectivity index (χ3v) is 7.82. The molecule has 6 heteroatoms. The Hall–Kier alpha value is -1.86. The monoisotopic (exact) mass is 520 g/mol. The van der Waals surface area contributed by atoms with Gasteiger partial charge in [0, 0.05) is 28.1 Å². The van der Waals surface area contributed by atoms with Crippen LogP contribution in [0.3, 0.4) is 0 Å². The zero-order chi connectivity index (χ0) is 24.0. The van der Waals surface area contributed by atoms with E-state index in [9.17, 15) is 0 Å². The summed E-state index contributed by atoms with van der Waals surface area (Å²) in [6, 6.07) is 29.3. The molecule has 34 heavy (non-hydrogen) atoms. The predicted molar refractivity (Wildman–Crippen MR) is 154 cm³/mol. The van der Waals surface area contributed by atoms with Gasteiger partial charge in [-0.05, 0) is 54.0 Å². The van der Waals surface area contributed by atoms with Crippen molar-refractivity contribution in [2.45, 2.75) is 39.2 Å². The summed E-state index contributed by atoms with van der Waals surface area (Å²) in [6.45, 7) is 0. The highest BCUT2D eigenvalue weighted by molar-refractivity contribution is 7.81. The first kappa shape index (κ1) is 25.2. The van der Waals surface area contributed by atoms with Gasteiger partial charge in [0.15, 0.2) is 0 Å². The van der Waals surface area contributed by atoms with Crippen LogP contribution in [0, 0.1) is 0 Å². The van der Waals surface area contributed by atoms with Crippen LogP contribution in [0.25, 0.3) is 0 Å². The molecular formula is C28H28N2S4. The summed E-state index contributed by atoms with van der Waals surface area (Å²) in [7, 11) is 0. The molecule has 2 nitrogen and oxygen atoms in total. The molecule has 0 fully saturated rings. The molecule has 0 bridgehead atoms. The number of nitrogens with zero attached hydrogens (tertiary/aromatic N) is 2. The van der Waals surface area contributed by atoms with Gasteiger partial charge < -0.3 is 0 Å². The van der Waals surface area contributed by atoms with Gasteiger partial charge in [0.2, 0.25) is 0 Å². The van der Waals surface area contributed by atoms with E-state index in [1.54, 1.807) is 6.20 Å². The Bertz CT molecular complexity index is 1170. The van der Waals surface area contributed by atoms with Crippen LogP contribution < -0.4 is 0 Å². The van der Waals surface area contributed by atoms with E-state index in [2.05, 4.69) is 98.6 Å². The summed E-state index contributed by atoms with van der Waals surface area (Å²) in [5.74, 6) is 0.891. The van der Waals surface area contributed by atoms with Crippen molar-refractivity contribution in [1.82, 2.24) is 9.97 Å². The first-order chi connectivity index (χ1) is 16.6. The van der Waals surface area contributed by atoms with Crippen molar-refractivity contribution in [1.29, 1.82) is 0 Å². The minimum atomic E-state index is -0.596. The van der Waals surface area contributed by atoms with Crippen LogP contribution in [0.5, 0.6) is 0 Å². The van der Waals surface area contributed by atoms with E-state index in [0.717, 1.165) is 45.3 Å². The molecule has 2 aromatic heterocycles. The molecule has 0 spiro atoms. The van der Waals surface area contributed by atoms with E-state index in [1.807, 2.05) is 30.5 Å². The molecule has 174 valence electrons. The van der Waals surface area contributed by atoms with Gasteiger partial charge in [-0.1, -0.05) is 60.7 Å². The average Bonchev–Trinajstić information content (AvgIpc) is 2.88. The maximum Gasteiger partial charge on any atom is 0.0615 e. The Kier molecular flexibility index (Phi) is 8.70. The minimum absolute atomic E-state index is 0.0847. The van der Waals surface area contributed by atoms with Crippen molar-refractivity contribution in [3.8, 4) is 0 Å². The number of pyridine rings is 2. The van der Waals surface area contributed by atoms with Crippen LogP contribution in [-0.4, -0.2) is 15.7 Å². The number of rotatable bonds is 9. The van der Waals surface area contributed by atoms with Crippen molar-refractivity contribution in [2.24, 2.45) is 0 Å². The highest BCUT2D eigenvalue weighted by atomic mass is 32.1. The molecule has 0 saturated heterocycles. The Morgan fingerprint density at radius 2 is 1.35 bits per heavy atom. The average molecular weight is 521 g/mol. The van der Waals surface area contributed by atoms with Gasteiger partial charge in [-0.15, -0.1) is 25.3 Å². The van der Waals surface area contributed by atoms with E-state index in [1.165, 1.54) is 5.56 Å².